The monoisotopic (exact) mass is 359 g/mol. The van der Waals surface area contributed by atoms with Crippen molar-refractivity contribution in [1.82, 2.24) is 0 Å². The molecule has 0 bridgehead atoms. The summed E-state index contributed by atoms with van der Waals surface area (Å²) in [5.74, 6) is -0.550. The topological polar surface area (TPSA) is 85.0 Å². The van der Waals surface area contributed by atoms with E-state index in [4.69, 9.17) is 4.84 Å². The van der Waals surface area contributed by atoms with Crippen molar-refractivity contribution in [1.29, 1.82) is 0 Å². The maximum Gasteiger partial charge on any atom is 0.375 e. The highest BCUT2D eigenvalue weighted by Crippen LogP contribution is 2.30. The predicted octanol–water partition coefficient (Wildman–Crippen LogP) is 3.84. The van der Waals surface area contributed by atoms with E-state index in [-0.39, 0.29) is 10.6 Å². The molecule has 8 heteroatoms. The van der Waals surface area contributed by atoms with Gasteiger partial charge in [-0.2, -0.15) is 0 Å². The Kier molecular flexibility index (Phi) is 5.39. The Morgan fingerprint density at radius 3 is 2.76 bits per heavy atom. The highest BCUT2D eigenvalue weighted by atomic mass is 32.1. The van der Waals surface area contributed by atoms with Crippen LogP contribution in [0, 0.1) is 10.1 Å². The Hall–Kier alpha value is -2.74. The van der Waals surface area contributed by atoms with E-state index in [1.165, 1.54) is 23.6 Å². The zero-order valence-electron chi connectivity index (χ0n) is 13.5. The first-order valence-electron chi connectivity index (χ1n) is 7.97. The molecule has 1 saturated heterocycles. The van der Waals surface area contributed by atoms with Crippen molar-refractivity contribution in [3.63, 3.8) is 0 Å². The minimum atomic E-state index is -0.550. The Morgan fingerprint density at radius 1 is 1.28 bits per heavy atom. The number of rotatable bonds is 5. The molecule has 0 N–H and O–H groups in total. The minimum absolute atomic E-state index is 0.0374. The van der Waals surface area contributed by atoms with Crippen LogP contribution in [-0.4, -0.2) is 30.2 Å². The van der Waals surface area contributed by atoms with Gasteiger partial charge in [0.25, 0.3) is 5.69 Å². The second-order valence-electron chi connectivity index (χ2n) is 5.64. The lowest BCUT2D eigenvalue weighted by Crippen LogP contribution is -2.29. The maximum atomic E-state index is 11.7. The highest BCUT2D eigenvalue weighted by molar-refractivity contribution is 7.11. The fraction of sp³-hybridized carbons (Fsp3) is 0.294. The predicted molar refractivity (Wildman–Crippen MR) is 96.5 cm³/mol. The van der Waals surface area contributed by atoms with Gasteiger partial charge in [0.2, 0.25) is 0 Å². The summed E-state index contributed by atoms with van der Waals surface area (Å²) in [5, 5.41) is 16.8. The van der Waals surface area contributed by atoms with E-state index < -0.39 is 5.97 Å². The quantitative estimate of drug-likeness (QED) is 0.350. The van der Waals surface area contributed by atoms with Gasteiger partial charge in [-0.3, -0.25) is 10.1 Å². The fourth-order valence-electron chi connectivity index (χ4n) is 2.74. The van der Waals surface area contributed by atoms with Gasteiger partial charge in [-0.05, 0) is 36.8 Å². The second kappa shape index (κ2) is 7.89. The zero-order chi connectivity index (χ0) is 17.6. The summed E-state index contributed by atoms with van der Waals surface area (Å²) in [4.78, 5) is 30.0. The maximum absolute atomic E-state index is 11.7. The van der Waals surface area contributed by atoms with Gasteiger partial charge in [0.05, 0.1) is 11.1 Å². The molecular weight excluding hydrogens is 342 g/mol. The number of anilines is 1. The van der Waals surface area contributed by atoms with Gasteiger partial charge in [-0.1, -0.05) is 17.3 Å². The fourth-order valence-corrected chi connectivity index (χ4v) is 3.34. The van der Waals surface area contributed by atoms with Gasteiger partial charge in [0.15, 0.2) is 0 Å². The Bertz CT molecular complexity index is 783. The number of benzene rings is 1. The first-order valence-corrected chi connectivity index (χ1v) is 8.85. The summed E-state index contributed by atoms with van der Waals surface area (Å²) < 4.78 is 0. The van der Waals surface area contributed by atoms with E-state index in [9.17, 15) is 14.9 Å². The number of carbonyl (C=O) groups is 1. The summed E-state index contributed by atoms with van der Waals surface area (Å²) in [6, 6.07) is 8.30. The molecule has 0 amide bonds. The molecule has 2 heterocycles. The number of nitro benzene ring substituents is 1. The molecule has 1 fully saturated rings. The van der Waals surface area contributed by atoms with Crippen molar-refractivity contribution in [3.05, 3.63) is 56.3 Å². The number of nitro groups is 1. The van der Waals surface area contributed by atoms with Crippen LogP contribution in [0.2, 0.25) is 0 Å². The van der Waals surface area contributed by atoms with Crippen LogP contribution in [0.1, 0.15) is 34.5 Å². The van der Waals surface area contributed by atoms with Crippen LogP contribution in [0.15, 0.2) is 40.9 Å². The molecule has 0 unspecified atom stereocenters. The van der Waals surface area contributed by atoms with E-state index in [1.807, 2.05) is 4.90 Å². The number of thiophene rings is 1. The molecule has 2 aromatic rings. The van der Waals surface area contributed by atoms with E-state index >= 15 is 0 Å². The summed E-state index contributed by atoms with van der Waals surface area (Å²) in [6.07, 6.45) is 4.54. The zero-order valence-corrected chi connectivity index (χ0v) is 14.3. The van der Waals surface area contributed by atoms with Crippen molar-refractivity contribution in [2.45, 2.75) is 19.3 Å². The van der Waals surface area contributed by atoms with E-state index in [2.05, 4.69) is 5.16 Å². The molecule has 130 valence electrons. The van der Waals surface area contributed by atoms with Crippen LogP contribution < -0.4 is 4.90 Å². The normalized spacial score (nSPS) is 14.6. The van der Waals surface area contributed by atoms with Crippen LogP contribution in [0.5, 0.6) is 0 Å². The molecule has 0 spiro atoms. The number of hydrogen-bond donors (Lipinski definition) is 0. The highest BCUT2D eigenvalue weighted by Gasteiger charge is 2.21. The molecule has 0 aliphatic carbocycles. The molecule has 3 rings (SSSR count). The molecule has 0 radical (unpaired) electrons. The van der Waals surface area contributed by atoms with Gasteiger partial charge in [0.1, 0.15) is 10.6 Å². The third-order valence-corrected chi connectivity index (χ3v) is 4.80. The average Bonchev–Trinajstić information content (AvgIpc) is 3.17. The van der Waals surface area contributed by atoms with Crippen molar-refractivity contribution < 1.29 is 14.6 Å². The van der Waals surface area contributed by atoms with Gasteiger partial charge in [-0.25, -0.2) is 4.79 Å². The molecule has 0 atom stereocenters. The summed E-state index contributed by atoms with van der Waals surface area (Å²) in [6.45, 7) is 1.65. The van der Waals surface area contributed by atoms with E-state index in [0.717, 1.165) is 32.4 Å². The average molecular weight is 359 g/mol. The number of nitrogens with zero attached hydrogens (tertiary/aromatic N) is 3. The third-order valence-electron chi connectivity index (χ3n) is 3.95. The molecule has 0 saturated carbocycles. The molecule has 1 aliphatic heterocycles. The third kappa shape index (κ3) is 4.21. The summed E-state index contributed by atoms with van der Waals surface area (Å²) >= 11 is 1.26. The molecule has 1 aromatic carbocycles. The minimum Gasteiger partial charge on any atom is -0.366 e. The van der Waals surface area contributed by atoms with Gasteiger partial charge in [-0.15, -0.1) is 11.3 Å². The molecule has 25 heavy (non-hydrogen) atoms. The number of carbonyl (C=O) groups excluding carboxylic acids is 1. The number of hydrogen-bond acceptors (Lipinski definition) is 7. The molecule has 1 aliphatic rings. The van der Waals surface area contributed by atoms with E-state index in [1.54, 1.807) is 29.6 Å². The Labute approximate surface area is 148 Å². The smallest absolute Gasteiger partial charge is 0.366 e. The lowest BCUT2D eigenvalue weighted by molar-refractivity contribution is -0.384. The molecule has 1 aromatic heterocycles. The van der Waals surface area contributed by atoms with Crippen LogP contribution in [0.4, 0.5) is 11.4 Å². The molecule has 7 nitrogen and oxygen atoms in total. The molecular formula is C17H17N3O4S. The van der Waals surface area contributed by atoms with Crippen molar-refractivity contribution in [2.24, 2.45) is 5.16 Å². The van der Waals surface area contributed by atoms with Gasteiger partial charge in [0, 0.05) is 24.7 Å². The SMILES string of the molecule is O=C(ON=Cc1ccc(N2CCCCC2)c([N+](=O)[O-])c1)c1cccs1. The van der Waals surface area contributed by atoms with E-state index in [0.29, 0.717) is 16.1 Å². The first kappa shape index (κ1) is 17.1. The summed E-state index contributed by atoms with van der Waals surface area (Å²) in [5.41, 5.74) is 1.17. The lowest BCUT2D eigenvalue weighted by atomic mass is 10.1. The summed E-state index contributed by atoms with van der Waals surface area (Å²) in [7, 11) is 0. The first-order chi connectivity index (χ1) is 12.1. The van der Waals surface area contributed by atoms with Crippen molar-refractivity contribution in [3.8, 4) is 0 Å². The Balaban J connectivity index is 1.73. The standard InChI is InChI=1S/C17H17N3O4S/c21-17(16-5-4-10-25-16)24-18-12-13-6-7-14(15(11-13)20(22)23)19-8-2-1-3-9-19/h4-7,10-12H,1-3,8-9H2. The van der Waals surface area contributed by atoms with Crippen LogP contribution in [0.25, 0.3) is 0 Å². The van der Waals surface area contributed by atoms with Gasteiger partial charge < -0.3 is 9.74 Å². The van der Waals surface area contributed by atoms with Gasteiger partial charge >= 0.3 is 5.97 Å². The van der Waals surface area contributed by atoms with Crippen molar-refractivity contribution >= 4 is 34.9 Å². The largest absolute Gasteiger partial charge is 0.375 e. The number of piperidine rings is 1. The Morgan fingerprint density at radius 2 is 2.08 bits per heavy atom. The lowest BCUT2D eigenvalue weighted by Gasteiger charge is -2.28. The van der Waals surface area contributed by atoms with Crippen LogP contribution in [-0.2, 0) is 4.84 Å². The van der Waals surface area contributed by atoms with Crippen LogP contribution in [0.3, 0.4) is 0 Å². The number of oxime groups is 1. The second-order valence-corrected chi connectivity index (χ2v) is 6.59. The van der Waals surface area contributed by atoms with Crippen LogP contribution >= 0.6 is 11.3 Å². The van der Waals surface area contributed by atoms with Crippen molar-refractivity contribution in [2.75, 3.05) is 18.0 Å².